The maximum Gasteiger partial charge on any atom is 0.573 e. The molecule has 1 atom stereocenters. The lowest BCUT2D eigenvalue weighted by Crippen LogP contribution is -2.32. The molecule has 37 heavy (non-hydrogen) atoms. The highest BCUT2D eigenvalue weighted by atomic mass is 19.4. The second kappa shape index (κ2) is 12.9. The molecule has 1 heterocycles. The smallest absolute Gasteiger partial charge is 0.481 e. The van der Waals surface area contributed by atoms with Crippen molar-refractivity contribution in [3.8, 4) is 5.75 Å². The molecule has 2 N–H and O–H groups in total. The second-order valence-electron chi connectivity index (χ2n) is 8.09. The lowest BCUT2D eigenvalue weighted by atomic mass is 10.0. The number of rotatable bonds is 12. The van der Waals surface area contributed by atoms with Crippen molar-refractivity contribution < 1.29 is 42.1 Å². The van der Waals surface area contributed by atoms with Crippen LogP contribution < -0.4 is 10.1 Å². The van der Waals surface area contributed by atoms with Crippen LogP contribution in [0.15, 0.2) is 53.5 Å². The molecular formula is C25H28F3N3O6. The minimum absolute atomic E-state index is 0.0288. The van der Waals surface area contributed by atoms with Gasteiger partial charge in [0, 0.05) is 25.3 Å². The van der Waals surface area contributed by atoms with Crippen LogP contribution >= 0.6 is 0 Å². The van der Waals surface area contributed by atoms with Crippen LogP contribution in [0.3, 0.4) is 0 Å². The maximum absolute atomic E-state index is 12.4. The summed E-state index contributed by atoms with van der Waals surface area (Å²) in [4.78, 5) is 29.2. The minimum Gasteiger partial charge on any atom is -0.481 e. The van der Waals surface area contributed by atoms with Gasteiger partial charge in [-0.25, -0.2) is 0 Å². The SMILES string of the molecule is CCCOCCN1/C(=N/c2ccc(OC(F)(F)F)cc2)OCC1c1ccc(C(=O)NCCC(=O)O)cc1. The first-order valence-electron chi connectivity index (χ1n) is 11.7. The molecule has 1 aliphatic heterocycles. The fourth-order valence-corrected chi connectivity index (χ4v) is 3.57. The topological polar surface area (TPSA) is 110 Å². The molecule has 0 aliphatic carbocycles. The predicted molar refractivity (Wildman–Crippen MR) is 128 cm³/mol. The number of carboxylic acid groups (broad SMARTS) is 1. The molecule has 0 bridgehead atoms. The molecule has 9 nitrogen and oxygen atoms in total. The number of amides is 1. The van der Waals surface area contributed by atoms with E-state index in [1.165, 1.54) is 24.3 Å². The predicted octanol–water partition coefficient (Wildman–Crippen LogP) is 4.28. The van der Waals surface area contributed by atoms with Gasteiger partial charge in [0.1, 0.15) is 12.4 Å². The van der Waals surface area contributed by atoms with Crippen molar-refractivity contribution in [2.75, 3.05) is 32.9 Å². The largest absolute Gasteiger partial charge is 0.573 e. The van der Waals surface area contributed by atoms with E-state index in [0.717, 1.165) is 12.0 Å². The van der Waals surface area contributed by atoms with E-state index in [1.807, 2.05) is 11.8 Å². The minimum atomic E-state index is -4.78. The molecule has 1 saturated heterocycles. The summed E-state index contributed by atoms with van der Waals surface area (Å²) in [5.74, 6) is -1.72. The molecule has 1 amide bonds. The number of carbonyl (C=O) groups is 2. The molecule has 1 unspecified atom stereocenters. The molecule has 3 rings (SSSR count). The average molecular weight is 524 g/mol. The molecule has 0 radical (unpaired) electrons. The molecule has 0 aromatic heterocycles. The van der Waals surface area contributed by atoms with Gasteiger partial charge in [-0.15, -0.1) is 13.2 Å². The summed E-state index contributed by atoms with van der Waals surface area (Å²) in [6, 6.07) is 12.1. The molecule has 12 heteroatoms. The van der Waals surface area contributed by atoms with Gasteiger partial charge in [0.15, 0.2) is 0 Å². The molecule has 200 valence electrons. The highest BCUT2D eigenvalue weighted by Crippen LogP contribution is 2.30. The molecule has 0 saturated carbocycles. The molecule has 1 fully saturated rings. The Hall–Kier alpha value is -3.80. The van der Waals surface area contributed by atoms with E-state index in [1.54, 1.807) is 24.3 Å². The van der Waals surface area contributed by atoms with Crippen molar-refractivity contribution in [3.05, 3.63) is 59.7 Å². The number of nitrogens with one attached hydrogen (secondary N) is 1. The first-order chi connectivity index (χ1) is 17.7. The summed E-state index contributed by atoms with van der Waals surface area (Å²) >= 11 is 0. The van der Waals surface area contributed by atoms with Crippen LogP contribution in [0.25, 0.3) is 0 Å². The lowest BCUT2D eigenvalue weighted by Gasteiger charge is -2.24. The number of ether oxygens (including phenoxy) is 3. The van der Waals surface area contributed by atoms with Gasteiger partial charge < -0.3 is 29.5 Å². The number of hydrogen-bond donors (Lipinski definition) is 2. The van der Waals surface area contributed by atoms with Gasteiger partial charge in [0.05, 0.1) is 24.8 Å². The summed E-state index contributed by atoms with van der Waals surface area (Å²) in [5, 5.41) is 11.3. The molecule has 0 spiro atoms. The monoisotopic (exact) mass is 523 g/mol. The van der Waals surface area contributed by atoms with Crippen LogP contribution in [0.1, 0.15) is 41.7 Å². The van der Waals surface area contributed by atoms with Crippen LogP contribution in [0.5, 0.6) is 5.75 Å². The molecule has 2 aromatic rings. The summed E-state index contributed by atoms with van der Waals surface area (Å²) < 4.78 is 52.6. The number of alkyl halides is 3. The third-order valence-electron chi connectivity index (χ3n) is 5.29. The summed E-state index contributed by atoms with van der Waals surface area (Å²) in [7, 11) is 0. The zero-order chi connectivity index (χ0) is 26.8. The number of nitrogens with zero attached hydrogens (tertiary/aromatic N) is 2. The van der Waals surface area contributed by atoms with Crippen LogP contribution in [0.4, 0.5) is 18.9 Å². The number of hydrogen-bond acceptors (Lipinski definition) is 6. The van der Waals surface area contributed by atoms with Crippen molar-refractivity contribution in [3.63, 3.8) is 0 Å². The zero-order valence-electron chi connectivity index (χ0n) is 20.2. The first-order valence-corrected chi connectivity index (χ1v) is 11.7. The molecule has 2 aromatic carbocycles. The maximum atomic E-state index is 12.4. The number of halogens is 3. The van der Waals surface area contributed by atoms with E-state index in [9.17, 15) is 22.8 Å². The quantitative estimate of drug-likeness (QED) is 0.400. The molecule has 1 aliphatic rings. The summed E-state index contributed by atoms with van der Waals surface area (Å²) in [5.41, 5.74) is 1.63. The third kappa shape index (κ3) is 8.67. The van der Waals surface area contributed by atoms with E-state index in [-0.39, 0.29) is 37.3 Å². The number of benzene rings is 2. The number of aliphatic imine (C=N–C) groups is 1. The second-order valence-corrected chi connectivity index (χ2v) is 8.09. The van der Waals surface area contributed by atoms with Crippen LogP contribution in [0.2, 0.25) is 0 Å². The van der Waals surface area contributed by atoms with Gasteiger partial charge in [-0.2, -0.15) is 4.99 Å². The Morgan fingerprint density at radius 3 is 2.46 bits per heavy atom. The van der Waals surface area contributed by atoms with E-state index >= 15 is 0 Å². The number of carbonyl (C=O) groups excluding carboxylic acids is 1. The highest BCUT2D eigenvalue weighted by Gasteiger charge is 2.33. The zero-order valence-corrected chi connectivity index (χ0v) is 20.2. The standard InChI is InChI=1S/C25H28F3N3O6/c1-2-14-35-15-13-31-21(17-3-5-18(6-4-17)23(34)29-12-11-22(32)33)16-36-24(31)30-19-7-9-20(10-8-19)37-25(26,27)28/h3-10,21H,2,11-16H2,1H3,(H,29,34)(H,32,33)/b30-24-. The van der Waals surface area contributed by atoms with Gasteiger partial charge >= 0.3 is 12.3 Å². The van der Waals surface area contributed by atoms with Gasteiger partial charge in [0.25, 0.3) is 11.9 Å². The van der Waals surface area contributed by atoms with Crippen molar-refractivity contribution in [2.24, 2.45) is 4.99 Å². The van der Waals surface area contributed by atoms with Gasteiger partial charge in [-0.1, -0.05) is 19.1 Å². The van der Waals surface area contributed by atoms with Crippen molar-refractivity contribution in [1.82, 2.24) is 10.2 Å². The van der Waals surface area contributed by atoms with Crippen LogP contribution in [-0.2, 0) is 14.3 Å². The van der Waals surface area contributed by atoms with Crippen molar-refractivity contribution in [2.45, 2.75) is 32.2 Å². The lowest BCUT2D eigenvalue weighted by molar-refractivity contribution is -0.274. The van der Waals surface area contributed by atoms with Crippen molar-refractivity contribution in [1.29, 1.82) is 0 Å². The average Bonchev–Trinajstić information content (AvgIpc) is 3.24. The van der Waals surface area contributed by atoms with E-state index in [4.69, 9.17) is 14.6 Å². The fraction of sp³-hybridized carbons (Fsp3) is 0.400. The van der Waals surface area contributed by atoms with Crippen molar-refractivity contribution >= 4 is 23.6 Å². The van der Waals surface area contributed by atoms with Gasteiger partial charge in [-0.05, 0) is 48.4 Å². The van der Waals surface area contributed by atoms with Gasteiger partial charge in [-0.3, -0.25) is 9.59 Å². The normalized spacial score (nSPS) is 16.5. The summed E-state index contributed by atoms with van der Waals surface area (Å²) in [6.07, 6.45) is -4.08. The Labute approximate surface area is 211 Å². The van der Waals surface area contributed by atoms with E-state index < -0.39 is 12.3 Å². The first kappa shape index (κ1) is 27.8. The Morgan fingerprint density at radius 2 is 1.84 bits per heavy atom. The number of carboxylic acids is 1. The Morgan fingerprint density at radius 1 is 1.14 bits per heavy atom. The van der Waals surface area contributed by atoms with E-state index in [2.05, 4.69) is 15.0 Å². The van der Waals surface area contributed by atoms with E-state index in [0.29, 0.717) is 37.0 Å². The van der Waals surface area contributed by atoms with Gasteiger partial charge in [0.2, 0.25) is 0 Å². The van der Waals surface area contributed by atoms with Crippen LogP contribution in [-0.4, -0.2) is 67.2 Å². The summed E-state index contributed by atoms with van der Waals surface area (Å²) in [6.45, 7) is 3.76. The molecular weight excluding hydrogens is 495 g/mol. The third-order valence-corrected chi connectivity index (χ3v) is 5.29. The number of amidine groups is 1. The Balaban J connectivity index is 1.74. The Bertz CT molecular complexity index is 1070. The van der Waals surface area contributed by atoms with Crippen LogP contribution in [0, 0.1) is 0 Å². The highest BCUT2D eigenvalue weighted by molar-refractivity contribution is 5.94. The number of aliphatic carboxylic acids is 1. The fourth-order valence-electron chi connectivity index (χ4n) is 3.57. The Kier molecular flexibility index (Phi) is 9.72.